The molecular formula is C24H23NO4. The van der Waals surface area contributed by atoms with Crippen LogP contribution in [-0.2, 0) is 11.3 Å². The van der Waals surface area contributed by atoms with Gasteiger partial charge in [0.2, 0.25) is 0 Å². The third-order valence-electron chi connectivity index (χ3n) is 4.18. The van der Waals surface area contributed by atoms with Crippen molar-refractivity contribution < 1.29 is 19.1 Å². The van der Waals surface area contributed by atoms with Crippen LogP contribution in [0.3, 0.4) is 0 Å². The number of carbonyl (C=O) groups excluding carboxylic acids is 2. The van der Waals surface area contributed by atoms with Crippen LogP contribution in [-0.4, -0.2) is 18.5 Å². The lowest BCUT2D eigenvalue weighted by atomic mass is 10.1. The molecule has 3 aromatic rings. The van der Waals surface area contributed by atoms with E-state index in [4.69, 9.17) is 9.47 Å². The average Bonchev–Trinajstić information content (AvgIpc) is 2.77. The van der Waals surface area contributed by atoms with Crippen LogP contribution < -0.4 is 10.1 Å². The Kier molecular flexibility index (Phi) is 7.00. The molecule has 5 nitrogen and oxygen atoms in total. The van der Waals surface area contributed by atoms with Crippen LogP contribution in [0, 0.1) is 0 Å². The van der Waals surface area contributed by atoms with Crippen molar-refractivity contribution in [3.8, 4) is 5.75 Å². The summed E-state index contributed by atoms with van der Waals surface area (Å²) < 4.78 is 10.8. The molecule has 3 aromatic carbocycles. The molecule has 5 heteroatoms. The van der Waals surface area contributed by atoms with E-state index in [0.29, 0.717) is 35.8 Å². The Labute approximate surface area is 170 Å². The SMILES string of the molecule is CCCOC(=O)c1ccc(NC(=O)c2ccc(OCc3ccccc3)cc2)cc1. The molecular weight excluding hydrogens is 366 g/mol. The van der Waals surface area contributed by atoms with Gasteiger partial charge in [-0.25, -0.2) is 4.79 Å². The van der Waals surface area contributed by atoms with Crippen molar-refractivity contribution >= 4 is 17.6 Å². The molecule has 1 amide bonds. The predicted molar refractivity (Wildman–Crippen MR) is 112 cm³/mol. The van der Waals surface area contributed by atoms with Crippen LogP contribution >= 0.6 is 0 Å². The first-order valence-electron chi connectivity index (χ1n) is 9.51. The van der Waals surface area contributed by atoms with Gasteiger partial charge in [-0.1, -0.05) is 37.3 Å². The minimum absolute atomic E-state index is 0.235. The zero-order chi connectivity index (χ0) is 20.5. The summed E-state index contributed by atoms with van der Waals surface area (Å²) in [6.07, 6.45) is 0.774. The van der Waals surface area contributed by atoms with Crippen LogP contribution in [0.4, 0.5) is 5.69 Å². The molecule has 148 valence electrons. The molecule has 0 radical (unpaired) electrons. The molecule has 1 N–H and O–H groups in total. The normalized spacial score (nSPS) is 10.2. The van der Waals surface area contributed by atoms with E-state index in [1.807, 2.05) is 37.3 Å². The van der Waals surface area contributed by atoms with Crippen molar-refractivity contribution in [1.82, 2.24) is 0 Å². The molecule has 0 aromatic heterocycles. The number of ether oxygens (including phenoxy) is 2. The molecule has 29 heavy (non-hydrogen) atoms. The van der Waals surface area contributed by atoms with Crippen LogP contribution in [0.25, 0.3) is 0 Å². The Hall–Kier alpha value is -3.60. The highest BCUT2D eigenvalue weighted by molar-refractivity contribution is 6.04. The van der Waals surface area contributed by atoms with Crippen molar-refractivity contribution in [3.05, 3.63) is 95.6 Å². The van der Waals surface area contributed by atoms with Gasteiger partial charge < -0.3 is 14.8 Å². The average molecular weight is 389 g/mol. The topological polar surface area (TPSA) is 64.6 Å². The van der Waals surface area contributed by atoms with E-state index in [1.165, 1.54) is 0 Å². The van der Waals surface area contributed by atoms with Crippen molar-refractivity contribution in [2.75, 3.05) is 11.9 Å². The van der Waals surface area contributed by atoms with Crippen LogP contribution in [0.5, 0.6) is 5.75 Å². The second kappa shape index (κ2) is 10.1. The number of nitrogens with one attached hydrogen (secondary N) is 1. The van der Waals surface area contributed by atoms with E-state index in [2.05, 4.69) is 5.32 Å². The maximum Gasteiger partial charge on any atom is 0.338 e. The standard InChI is InChI=1S/C24H23NO4/c1-2-16-28-24(27)20-8-12-21(13-9-20)25-23(26)19-10-14-22(15-11-19)29-17-18-6-4-3-5-7-18/h3-15H,2,16-17H2,1H3,(H,25,26). The van der Waals surface area contributed by atoms with Crippen molar-refractivity contribution in [2.24, 2.45) is 0 Å². The summed E-state index contributed by atoms with van der Waals surface area (Å²) in [7, 11) is 0. The van der Waals surface area contributed by atoms with E-state index >= 15 is 0 Å². The largest absolute Gasteiger partial charge is 0.489 e. The van der Waals surface area contributed by atoms with Gasteiger partial charge in [0, 0.05) is 11.3 Å². The number of rotatable bonds is 8. The summed E-state index contributed by atoms with van der Waals surface area (Å²) in [5.74, 6) is 0.0945. The number of carbonyl (C=O) groups is 2. The van der Waals surface area contributed by atoms with Crippen LogP contribution in [0.1, 0.15) is 39.6 Å². The van der Waals surface area contributed by atoms with Gasteiger partial charge in [-0.3, -0.25) is 4.79 Å². The summed E-state index contributed by atoms with van der Waals surface area (Å²) in [5, 5.41) is 2.81. The summed E-state index contributed by atoms with van der Waals surface area (Å²) in [6.45, 7) is 2.80. The Morgan fingerprint density at radius 2 is 1.48 bits per heavy atom. The summed E-state index contributed by atoms with van der Waals surface area (Å²) >= 11 is 0. The molecule has 0 saturated heterocycles. The lowest BCUT2D eigenvalue weighted by Crippen LogP contribution is -2.12. The Balaban J connectivity index is 1.54. The summed E-state index contributed by atoms with van der Waals surface area (Å²) in [5.41, 5.74) is 2.66. The minimum atomic E-state index is -0.365. The highest BCUT2D eigenvalue weighted by atomic mass is 16.5. The molecule has 0 unspecified atom stereocenters. The molecule has 0 saturated carbocycles. The van der Waals surface area contributed by atoms with Gasteiger partial charge in [-0.2, -0.15) is 0 Å². The molecule has 0 atom stereocenters. The fraction of sp³-hybridized carbons (Fsp3) is 0.167. The molecule has 0 aliphatic carbocycles. The molecule has 0 aliphatic heterocycles. The Bertz CT molecular complexity index is 935. The second-order valence-corrected chi connectivity index (χ2v) is 6.47. The van der Waals surface area contributed by atoms with E-state index in [-0.39, 0.29) is 11.9 Å². The van der Waals surface area contributed by atoms with E-state index in [9.17, 15) is 9.59 Å². The molecule has 3 rings (SSSR count). The van der Waals surface area contributed by atoms with Crippen LogP contribution in [0.2, 0.25) is 0 Å². The van der Waals surface area contributed by atoms with E-state index in [0.717, 1.165) is 12.0 Å². The first-order valence-corrected chi connectivity index (χ1v) is 9.51. The Morgan fingerprint density at radius 1 is 0.828 bits per heavy atom. The number of esters is 1. The molecule has 0 aliphatic rings. The Morgan fingerprint density at radius 3 is 2.14 bits per heavy atom. The van der Waals surface area contributed by atoms with Gasteiger partial charge in [-0.15, -0.1) is 0 Å². The maximum absolute atomic E-state index is 12.4. The molecule has 0 bridgehead atoms. The van der Waals surface area contributed by atoms with Crippen molar-refractivity contribution in [2.45, 2.75) is 20.0 Å². The monoisotopic (exact) mass is 389 g/mol. The zero-order valence-corrected chi connectivity index (χ0v) is 16.3. The van der Waals surface area contributed by atoms with Gasteiger partial charge in [0.15, 0.2) is 0 Å². The van der Waals surface area contributed by atoms with Gasteiger partial charge >= 0.3 is 5.97 Å². The quantitative estimate of drug-likeness (QED) is 0.545. The van der Waals surface area contributed by atoms with Crippen molar-refractivity contribution in [3.63, 3.8) is 0 Å². The molecule has 0 fully saturated rings. The van der Waals surface area contributed by atoms with Crippen LogP contribution in [0.15, 0.2) is 78.9 Å². The highest BCUT2D eigenvalue weighted by Crippen LogP contribution is 2.16. The van der Waals surface area contributed by atoms with Gasteiger partial charge in [0.1, 0.15) is 12.4 Å². The predicted octanol–water partition coefficient (Wildman–Crippen LogP) is 5.08. The minimum Gasteiger partial charge on any atom is -0.489 e. The molecule has 0 heterocycles. The zero-order valence-electron chi connectivity index (χ0n) is 16.3. The lowest BCUT2D eigenvalue weighted by Gasteiger charge is -2.09. The first-order chi connectivity index (χ1) is 14.2. The summed E-state index contributed by atoms with van der Waals surface area (Å²) in [4.78, 5) is 24.2. The maximum atomic E-state index is 12.4. The molecule has 0 spiro atoms. The van der Waals surface area contributed by atoms with E-state index in [1.54, 1.807) is 48.5 Å². The van der Waals surface area contributed by atoms with Crippen molar-refractivity contribution in [1.29, 1.82) is 0 Å². The fourth-order valence-electron chi connectivity index (χ4n) is 2.61. The number of hydrogen-bond donors (Lipinski definition) is 1. The lowest BCUT2D eigenvalue weighted by molar-refractivity contribution is 0.0505. The first kappa shape index (κ1) is 20.1. The van der Waals surface area contributed by atoms with Gasteiger partial charge in [-0.05, 0) is 60.5 Å². The number of benzene rings is 3. The third kappa shape index (κ3) is 5.94. The number of hydrogen-bond acceptors (Lipinski definition) is 4. The smallest absolute Gasteiger partial charge is 0.338 e. The number of anilines is 1. The third-order valence-corrected chi connectivity index (χ3v) is 4.18. The van der Waals surface area contributed by atoms with Gasteiger partial charge in [0.05, 0.1) is 12.2 Å². The number of amides is 1. The van der Waals surface area contributed by atoms with Gasteiger partial charge in [0.25, 0.3) is 5.91 Å². The second-order valence-electron chi connectivity index (χ2n) is 6.47. The van der Waals surface area contributed by atoms with E-state index < -0.39 is 0 Å². The highest BCUT2D eigenvalue weighted by Gasteiger charge is 2.09. The summed E-state index contributed by atoms with van der Waals surface area (Å²) in [6, 6.07) is 23.5. The fourth-order valence-corrected chi connectivity index (χ4v) is 2.61.